The molecule has 0 saturated carbocycles. The molecule has 7 nitrogen and oxygen atoms in total. The van der Waals surface area contributed by atoms with Crippen LogP contribution in [0, 0.1) is 0 Å². The summed E-state index contributed by atoms with van der Waals surface area (Å²) in [5, 5.41) is 8.23. The predicted molar refractivity (Wildman–Crippen MR) is 87.5 cm³/mol. The van der Waals surface area contributed by atoms with E-state index in [0.29, 0.717) is 17.8 Å². The summed E-state index contributed by atoms with van der Waals surface area (Å²) in [7, 11) is 0. The lowest BCUT2D eigenvalue weighted by Gasteiger charge is -2.15. The van der Waals surface area contributed by atoms with E-state index in [2.05, 4.69) is 16.0 Å². The lowest BCUT2D eigenvalue weighted by molar-refractivity contribution is -0.122. The van der Waals surface area contributed by atoms with E-state index in [-0.39, 0.29) is 36.7 Å². The van der Waals surface area contributed by atoms with E-state index >= 15 is 0 Å². The highest BCUT2D eigenvalue weighted by molar-refractivity contribution is 6.09. The van der Waals surface area contributed by atoms with Crippen LogP contribution in [-0.4, -0.2) is 43.0 Å². The van der Waals surface area contributed by atoms with Gasteiger partial charge in [0.15, 0.2) is 0 Å². The number of hydrogen-bond acceptors (Lipinski definition) is 4. The molecule has 24 heavy (non-hydrogen) atoms. The summed E-state index contributed by atoms with van der Waals surface area (Å²) in [6.45, 7) is 1.24. The van der Waals surface area contributed by atoms with Gasteiger partial charge < -0.3 is 20.7 Å². The first kappa shape index (κ1) is 16.4. The predicted octanol–water partition coefficient (Wildman–Crippen LogP) is 0.812. The number of benzene rings is 1. The van der Waals surface area contributed by atoms with Crippen molar-refractivity contribution in [3.8, 4) is 0 Å². The number of amides is 3. The molecule has 128 valence electrons. The molecular formula is C17H21N3O4. The SMILES string of the molecule is O=C(CC[C@H]1NC(=O)c2ccccc2NC1=O)NCC1CCCO1. The van der Waals surface area contributed by atoms with Crippen molar-refractivity contribution in [3.63, 3.8) is 0 Å². The molecule has 0 spiro atoms. The Kier molecular flexibility index (Phi) is 5.10. The van der Waals surface area contributed by atoms with E-state index in [1.54, 1.807) is 24.3 Å². The van der Waals surface area contributed by atoms with Crippen LogP contribution in [0.2, 0.25) is 0 Å². The van der Waals surface area contributed by atoms with Gasteiger partial charge in [-0.1, -0.05) is 12.1 Å². The average molecular weight is 331 g/mol. The third-order valence-electron chi connectivity index (χ3n) is 4.26. The zero-order valence-electron chi connectivity index (χ0n) is 13.3. The summed E-state index contributed by atoms with van der Waals surface area (Å²) in [5.74, 6) is -0.761. The number of hydrogen-bond donors (Lipinski definition) is 3. The van der Waals surface area contributed by atoms with Gasteiger partial charge in [-0.05, 0) is 31.4 Å². The van der Waals surface area contributed by atoms with Crippen LogP contribution in [0.4, 0.5) is 5.69 Å². The standard InChI is InChI=1S/C17H21N3O4/c21-15(18-10-11-4-3-9-24-11)8-7-14-17(23)19-13-6-2-1-5-12(13)16(22)20-14/h1-2,5-6,11,14H,3-4,7-10H2,(H,18,21)(H,19,23)(H,20,22)/t11?,14-/m1/s1. The minimum atomic E-state index is -0.724. The maximum atomic E-state index is 12.2. The quantitative estimate of drug-likeness (QED) is 0.744. The number of carbonyl (C=O) groups is 3. The van der Waals surface area contributed by atoms with Gasteiger partial charge in [0.2, 0.25) is 11.8 Å². The minimum absolute atomic E-state index is 0.0873. The zero-order valence-corrected chi connectivity index (χ0v) is 13.3. The molecule has 3 rings (SSSR count). The molecule has 1 unspecified atom stereocenters. The maximum Gasteiger partial charge on any atom is 0.254 e. The molecule has 1 aromatic carbocycles. The van der Waals surface area contributed by atoms with E-state index < -0.39 is 6.04 Å². The van der Waals surface area contributed by atoms with Crippen LogP contribution in [0.15, 0.2) is 24.3 Å². The Labute approximate surface area is 140 Å². The van der Waals surface area contributed by atoms with Gasteiger partial charge >= 0.3 is 0 Å². The zero-order chi connectivity index (χ0) is 16.9. The van der Waals surface area contributed by atoms with Gasteiger partial charge in [0.1, 0.15) is 6.04 Å². The molecule has 0 aromatic heterocycles. The summed E-state index contributed by atoms with van der Waals surface area (Å²) in [6, 6.07) is 6.11. The Morgan fingerprint density at radius 2 is 2.12 bits per heavy atom. The van der Waals surface area contributed by atoms with Crippen molar-refractivity contribution in [2.45, 2.75) is 37.8 Å². The Morgan fingerprint density at radius 3 is 2.92 bits per heavy atom. The van der Waals surface area contributed by atoms with Crippen molar-refractivity contribution < 1.29 is 19.1 Å². The van der Waals surface area contributed by atoms with Crippen molar-refractivity contribution in [2.24, 2.45) is 0 Å². The third-order valence-corrected chi connectivity index (χ3v) is 4.26. The summed E-state index contributed by atoms with van der Waals surface area (Å²) >= 11 is 0. The second-order valence-corrected chi connectivity index (χ2v) is 6.04. The van der Waals surface area contributed by atoms with Crippen LogP contribution >= 0.6 is 0 Å². The fourth-order valence-electron chi connectivity index (χ4n) is 2.91. The van der Waals surface area contributed by atoms with E-state index in [9.17, 15) is 14.4 Å². The van der Waals surface area contributed by atoms with Crippen molar-refractivity contribution in [3.05, 3.63) is 29.8 Å². The first-order valence-corrected chi connectivity index (χ1v) is 8.22. The van der Waals surface area contributed by atoms with Crippen LogP contribution in [-0.2, 0) is 14.3 Å². The molecule has 1 aromatic rings. The maximum absolute atomic E-state index is 12.2. The van der Waals surface area contributed by atoms with Crippen LogP contribution in [0.1, 0.15) is 36.0 Å². The van der Waals surface area contributed by atoms with E-state index in [1.807, 2.05) is 0 Å². The first-order valence-electron chi connectivity index (χ1n) is 8.22. The minimum Gasteiger partial charge on any atom is -0.376 e. The van der Waals surface area contributed by atoms with Crippen molar-refractivity contribution in [1.82, 2.24) is 10.6 Å². The Bertz CT molecular complexity index is 640. The molecule has 2 aliphatic rings. The molecule has 0 aliphatic carbocycles. The highest BCUT2D eigenvalue weighted by atomic mass is 16.5. The molecule has 1 saturated heterocycles. The Balaban J connectivity index is 1.51. The number of para-hydroxylation sites is 1. The second kappa shape index (κ2) is 7.44. The van der Waals surface area contributed by atoms with E-state index in [4.69, 9.17) is 4.74 Å². The summed E-state index contributed by atoms with van der Waals surface area (Å²) in [5.41, 5.74) is 0.918. The average Bonchev–Trinajstić information content (AvgIpc) is 3.06. The first-order chi connectivity index (χ1) is 11.6. The molecule has 3 N–H and O–H groups in total. The largest absolute Gasteiger partial charge is 0.376 e. The summed E-state index contributed by atoms with van der Waals surface area (Å²) in [4.78, 5) is 36.3. The molecule has 0 radical (unpaired) electrons. The normalized spacial score (nSPS) is 23.0. The topological polar surface area (TPSA) is 96.5 Å². The fourth-order valence-corrected chi connectivity index (χ4v) is 2.91. The molecular weight excluding hydrogens is 310 g/mol. The van der Waals surface area contributed by atoms with E-state index in [0.717, 1.165) is 19.4 Å². The van der Waals surface area contributed by atoms with Gasteiger partial charge in [-0.3, -0.25) is 14.4 Å². The highest BCUT2D eigenvalue weighted by Crippen LogP contribution is 2.19. The fraction of sp³-hybridized carbons (Fsp3) is 0.471. The molecule has 2 heterocycles. The number of anilines is 1. The molecule has 2 atom stereocenters. The number of carbonyl (C=O) groups excluding carboxylic acids is 3. The molecule has 7 heteroatoms. The molecule has 3 amide bonds. The monoisotopic (exact) mass is 331 g/mol. The Hall–Kier alpha value is -2.41. The number of ether oxygens (including phenoxy) is 1. The highest BCUT2D eigenvalue weighted by Gasteiger charge is 2.28. The van der Waals surface area contributed by atoms with Gasteiger partial charge in [-0.15, -0.1) is 0 Å². The summed E-state index contributed by atoms with van der Waals surface area (Å²) < 4.78 is 5.45. The second-order valence-electron chi connectivity index (χ2n) is 6.04. The van der Waals surface area contributed by atoms with Crippen molar-refractivity contribution in [1.29, 1.82) is 0 Å². The van der Waals surface area contributed by atoms with Gasteiger partial charge in [0, 0.05) is 19.6 Å². The Morgan fingerprint density at radius 1 is 1.29 bits per heavy atom. The van der Waals surface area contributed by atoms with Gasteiger partial charge in [-0.2, -0.15) is 0 Å². The number of fused-ring (bicyclic) bond motifs is 1. The number of nitrogens with one attached hydrogen (secondary N) is 3. The van der Waals surface area contributed by atoms with Crippen LogP contribution in [0.5, 0.6) is 0 Å². The third kappa shape index (κ3) is 3.91. The van der Waals surface area contributed by atoms with Gasteiger partial charge in [0.25, 0.3) is 5.91 Å². The molecule has 2 aliphatic heterocycles. The molecule has 0 bridgehead atoms. The number of rotatable bonds is 5. The van der Waals surface area contributed by atoms with Crippen LogP contribution in [0.25, 0.3) is 0 Å². The lowest BCUT2D eigenvalue weighted by Crippen LogP contribution is -2.42. The van der Waals surface area contributed by atoms with Crippen molar-refractivity contribution >= 4 is 23.4 Å². The summed E-state index contributed by atoms with van der Waals surface area (Å²) in [6.07, 6.45) is 2.49. The smallest absolute Gasteiger partial charge is 0.254 e. The van der Waals surface area contributed by atoms with Gasteiger partial charge in [0.05, 0.1) is 17.4 Å². The van der Waals surface area contributed by atoms with E-state index in [1.165, 1.54) is 0 Å². The lowest BCUT2D eigenvalue weighted by atomic mass is 10.1. The molecule has 1 fully saturated rings. The van der Waals surface area contributed by atoms with Gasteiger partial charge in [-0.25, -0.2) is 0 Å². The van der Waals surface area contributed by atoms with Crippen LogP contribution < -0.4 is 16.0 Å². The van der Waals surface area contributed by atoms with Crippen LogP contribution in [0.3, 0.4) is 0 Å². The van der Waals surface area contributed by atoms with Crippen molar-refractivity contribution in [2.75, 3.05) is 18.5 Å².